The van der Waals surface area contributed by atoms with Crippen LogP contribution in [-0.2, 0) is 51.9 Å². The van der Waals surface area contributed by atoms with E-state index in [2.05, 4.69) is 12.2 Å². The Bertz CT molecular complexity index is 3050. The normalized spacial score (nSPS) is 20.5. The minimum absolute atomic E-state index is 0.121. The lowest BCUT2D eigenvalue weighted by molar-refractivity contribution is -0.142. The van der Waals surface area contributed by atoms with Gasteiger partial charge >= 0.3 is 37.8 Å². The Balaban J connectivity index is 0.000000194. The van der Waals surface area contributed by atoms with Gasteiger partial charge in [-0.1, -0.05) is 18.2 Å². The van der Waals surface area contributed by atoms with E-state index in [1.165, 1.54) is 0 Å². The number of rotatable bonds is 10. The van der Waals surface area contributed by atoms with Crippen molar-refractivity contribution in [2.75, 3.05) is 39.4 Å². The summed E-state index contributed by atoms with van der Waals surface area (Å²) in [6, 6.07) is 14.8. The van der Waals surface area contributed by atoms with Gasteiger partial charge in [0.25, 0.3) is 0 Å². The molecule has 0 bridgehead atoms. The van der Waals surface area contributed by atoms with Crippen molar-refractivity contribution in [3.8, 4) is 11.5 Å². The average Bonchev–Trinajstić information content (AvgIpc) is 4.32. The van der Waals surface area contributed by atoms with Crippen LogP contribution < -0.4 is 14.9 Å². The quantitative estimate of drug-likeness (QED) is 0.0956. The van der Waals surface area contributed by atoms with Crippen LogP contribution in [0.4, 0.5) is 52.7 Å². The van der Waals surface area contributed by atoms with Crippen LogP contribution in [0.1, 0.15) is 123 Å². The third-order valence-electron chi connectivity index (χ3n) is 16.5. The fourth-order valence-corrected chi connectivity index (χ4v) is 11.2. The minimum Gasteiger partial charge on any atom is -0.489 e. The highest BCUT2D eigenvalue weighted by Gasteiger charge is 2.52. The number of hydrogen-bond donors (Lipinski definition) is 1. The van der Waals surface area contributed by atoms with E-state index in [1.807, 2.05) is 64.1 Å². The second-order valence-electron chi connectivity index (χ2n) is 22.6. The molecule has 1 aliphatic carbocycles. The van der Waals surface area contributed by atoms with Crippen molar-refractivity contribution in [3.63, 3.8) is 0 Å². The van der Waals surface area contributed by atoms with E-state index in [4.69, 9.17) is 18.8 Å². The van der Waals surface area contributed by atoms with Crippen LogP contribution in [0.3, 0.4) is 0 Å². The molecule has 6 aliphatic rings. The number of benzene rings is 4. The number of hydrogen-bond acceptors (Lipinski definition) is 7. The van der Waals surface area contributed by atoms with Crippen molar-refractivity contribution < 1.29 is 81.4 Å². The van der Waals surface area contributed by atoms with Gasteiger partial charge in [0.2, 0.25) is 0 Å². The number of alkyl halides is 12. The third-order valence-corrected chi connectivity index (χ3v) is 16.5. The van der Waals surface area contributed by atoms with E-state index < -0.39 is 71.2 Å². The van der Waals surface area contributed by atoms with Gasteiger partial charge in [-0.2, -0.15) is 52.7 Å². The summed E-state index contributed by atoms with van der Waals surface area (Å²) in [5, 5.41) is 9.56. The highest BCUT2D eigenvalue weighted by molar-refractivity contribution is 6.62. The van der Waals surface area contributed by atoms with Crippen molar-refractivity contribution in [1.82, 2.24) is 9.80 Å². The molecule has 8 nitrogen and oxygen atoms in total. The summed E-state index contributed by atoms with van der Waals surface area (Å²) in [7, 11) is -0.505. The lowest BCUT2D eigenvalue weighted by Gasteiger charge is -2.35. The molecule has 430 valence electrons. The van der Waals surface area contributed by atoms with Gasteiger partial charge in [0, 0.05) is 29.8 Å². The third kappa shape index (κ3) is 13.3. The summed E-state index contributed by atoms with van der Waals surface area (Å²) in [4.78, 5) is 15.2. The summed E-state index contributed by atoms with van der Waals surface area (Å²) in [5.74, 6) is 1.04. The maximum Gasteiger partial charge on any atom is 0.494 e. The molecule has 1 saturated carbocycles. The number of fused-ring (bicyclic) bond motifs is 2. The lowest BCUT2D eigenvalue weighted by atomic mass is 9.77. The van der Waals surface area contributed by atoms with Crippen LogP contribution in [0.5, 0.6) is 11.5 Å². The standard InChI is InChI=1S/C30H29F6NO3.C29H32BF6NO3/c1-17(28(38)39)27(19-2-3-19)20-4-7-26-21(12-20)13-23(16-40-26)18-8-10-37(11-9-18)15-22-14-24(29(31,32)33)5-6-25(22)30(34,35)36;1-26(2)27(3,4)40-30(39-26)23-6-8-25-19(15-23)13-21(17-38-25)18-9-11-37(12-10-18)16-20-14-22(28(31,32)33)5-7-24(20)29(34,35)36/h4-7,12-14,18-19H,2-3,8-11,15-16H2,1H3,(H,38,39);5-8,13-15,18H,9-12,16-17H2,1-4H3/b27-17+;. The van der Waals surface area contributed by atoms with Crippen LogP contribution in [-0.4, -0.2) is 78.6 Å². The van der Waals surface area contributed by atoms with E-state index >= 15 is 0 Å². The molecule has 1 N–H and O–H groups in total. The van der Waals surface area contributed by atoms with Gasteiger partial charge in [0.05, 0.1) is 33.5 Å². The first-order valence-corrected chi connectivity index (χ1v) is 26.6. The maximum absolute atomic E-state index is 13.5. The van der Waals surface area contributed by atoms with Crippen molar-refractivity contribution in [2.45, 2.75) is 122 Å². The predicted molar refractivity (Wildman–Crippen MR) is 277 cm³/mol. The summed E-state index contributed by atoms with van der Waals surface area (Å²) in [6.07, 6.45) is -10.2. The molecule has 5 aliphatic heterocycles. The number of carboxylic acid groups (broad SMARTS) is 1. The molecule has 0 amide bonds. The molecule has 0 unspecified atom stereocenters. The molecular weight excluding hydrogens is 1070 g/mol. The molecule has 0 aromatic heterocycles. The highest BCUT2D eigenvalue weighted by Crippen LogP contribution is 2.46. The first-order chi connectivity index (χ1) is 37.3. The molecule has 0 radical (unpaired) electrons. The second kappa shape index (κ2) is 22.2. The smallest absolute Gasteiger partial charge is 0.489 e. The number of ether oxygens (including phenoxy) is 2. The Morgan fingerprint density at radius 2 is 1.00 bits per heavy atom. The Labute approximate surface area is 456 Å². The van der Waals surface area contributed by atoms with Gasteiger partial charge in [-0.25, -0.2) is 4.79 Å². The number of piperidine rings is 2. The predicted octanol–water partition coefficient (Wildman–Crippen LogP) is 14.4. The highest BCUT2D eigenvalue weighted by atomic mass is 19.4. The first kappa shape index (κ1) is 58.9. The Hall–Kier alpha value is -5.77. The zero-order chi connectivity index (χ0) is 57.9. The molecule has 0 atom stereocenters. The van der Waals surface area contributed by atoms with Crippen LogP contribution in [0.15, 0.2) is 89.5 Å². The fourth-order valence-electron chi connectivity index (χ4n) is 11.2. The number of carboxylic acids is 1. The summed E-state index contributed by atoms with van der Waals surface area (Å²) >= 11 is 0. The summed E-state index contributed by atoms with van der Waals surface area (Å²) in [6.45, 7) is 11.8. The monoisotopic (exact) mass is 1130 g/mol. The van der Waals surface area contributed by atoms with Crippen LogP contribution in [0, 0.1) is 17.8 Å². The Morgan fingerprint density at radius 1 is 0.575 bits per heavy atom. The number of halogens is 12. The van der Waals surface area contributed by atoms with Gasteiger partial charge in [-0.05, 0) is 223 Å². The minimum atomic E-state index is -4.74. The second-order valence-corrected chi connectivity index (χ2v) is 22.6. The maximum atomic E-state index is 13.5. The van der Waals surface area contributed by atoms with Crippen LogP contribution in [0.25, 0.3) is 17.7 Å². The Kier molecular flexibility index (Phi) is 16.3. The van der Waals surface area contributed by atoms with Gasteiger partial charge in [-0.15, -0.1) is 0 Å². The zero-order valence-electron chi connectivity index (χ0n) is 44.7. The fraction of sp³-hybridized carbons (Fsp3) is 0.475. The first-order valence-electron chi connectivity index (χ1n) is 26.6. The van der Waals surface area contributed by atoms with Crippen molar-refractivity contribution >= 4 is 36.3 Å². The topological polar surface area (TPSA) is 80.7 Å². The molecule has 21 heteroatoms. The van der Waals surface area contributed by atoms with Crippen molar-refractivity contribution in [1.29, 1.82) is 0 Å². The van der Waals surface area contributed by atoms with E-state index in [0.29, 0.717) is 113 Å². The molecule has 4 aromatic carbocycles. The molecule has 4 aromatic rings. The SMILES string of the molecule is C/C(C(=O)O)=C(\c1ccc2c(c1)C=C(C1CCN(Cc3cc(C(F)(F)F)ccc3C(F)(F)F)CC1)CO2)C1CC1.CC1(C)OB(c2ccc3c(c2)C=C(C2CCN(Cc4cc(C(F)(F)F)ccc4C(F)(F)F)CC2)CO3)OC1(C)C. The van der Waals surface area contributed by atoms with Crippen molar-refractivity contribution in [2.24, 2.45) is 17.8 Å². The van der Waals surface area contributed by atoms with Crippen molar-refractivity contribution in [3.05, 3.63) is 140 Å². The van der Waals surface area contributed by atoms with Crippen LogP contribution in [0.2, 0.25) is 0 Å². The number of aliphatic carboxylic acids is 1. The van der Waals surface area contributed by atoms with Gasteiger partial charge < -0.3 is 23.9 Å². The molecule has 3 saturated heterocycles. The zero-order valence-corrected chi connectivity index (χ0v) is 44.7. The van der Waals surface area contributed by atoms with E-state index in [1.54, 1.807) is 16.7 Å². The molecule has 10 rings (SSSR count). The summed E-state index contributed by atoms with van der Waals surface area (Å²) in [5.41, 5.74) is 0.934. The van der Waals surface area contributed by atoms with Gasteiger partial charge in [0.1, 0.15) is 24.7 Å². The number of nitrogens with zero attached hydrogens (tertiary/aromatic N) is 2. The van der Waals surface area contributed by atoms with E-state index in [9.17, 15) is 62.6 Å². The lowest BCUT2D eigenvalue weighted by Crippen LogP contribution is -2.41. The van der Waals surface area contributed by atoms with Crippen LogP contribution >= 0.6 is 0 Å². The summed E-state index contributed by atoms with van der Waals surface area (Å²) < 4.78 is 185. The van der Waals surface area contributed by atoms with Gasteiger partial charge in [-0.3, -0.25) is 9.80 Å². The number of likely N-dealkylation sites (tertiary alicyclic amines) is 2. The molecule has 4 fully saturated rings. The average molecular weight is 1130 g/mol. The Morgan fingerprint density at radius 3 is 1.40 bits per heavy atom. The van der Waals surface area contributed by atoms with Gasteiger partial charge in [0.15, 0.2) is 0 Å². The molecule has 80 heavy (non-hydrogen) atoms. The molecule has 0 spiro atoms. The van der Waals surface area contributed by atoms with E-state index in [-0.39, 0.29) is 42.0 Å². The molecule has 5 heterocycles. The van der Waals surface area contributed by atoms with E-state index in [0.717, 1.165) is 57.5 Å². The largest absolute Gasteiger partial charge is 0.494 e. The number of carbonyl (C=O) groups is 1. The molecular formula is C59H61BF12N2O6. The number of allylic oxidation sites excluding steroid dienone is 1.